The number of piperidine rings is 1. The van der Waals surface area contributed by atoms with Crippen LogP contribution in [0.15, 0.2) is 0 Å². The topological polar surface area (TPSA) is 49.8 Å². The number of likely N-dealkylation sites (tertiary alicyclic amines) is 1. The maximum Gasteiger partial charge on any atom is 0.261 e. The molecule has 1 rings (SSSR count). The Morgan fingerprint density at radius 2 is 2.24 bits per heavy atom. The minimum Gasteiger partial charge on any atom is -0.394 e. The van der Waals surface area contributed by atoms with Crippen molar-refractivity contribution in [2.45, 2.75) is 38.2 Å². The van der Waals surface area contributed by atoms with E-state index in [0.29, 0.717) is 6.54 Å². The highest BCUT2D eigenvalue weighted by atomic mass is 19.3. The molecule has 0 aromatic carbocycles. The number of aliphatic hydroxyl groups is 1. The minimum absolute atomic E-state index is 0.0117. The number of amides is 1. The molecule has 1 unspecified atom stereocenters. The summed E-state index contributed by atoms with van der Waals surface area (Å²) in [7, 11) is 0. The molecule has 0 saturated carbocycles. The summed E-state index contributed by atoms with van der Waals surface area (Å²) in [6.07, 6.45) is 0.352. The van der Waals surface area contributed by atoms with Crippen LogP contribution in [0.4, 0.5) is 8.78 Å². The van der Waals surface area contributed by atoms with Gasteiger partial charge in [0.25, 0.3) is 6.43 Å². The highest BCUT2D eigenvalue weighted by molar-refractivity contribution is 5.76. The molecule has 0 aromatic heterocycles. The van der Waals surface area contributed by atoms with E-state index in [1.54, 1.807) is 4.90 Å². The zero-order chi connectivity index (χ0) is 12.7. The lowest BCUT2D eigenvalue weighted by Crippen LogP contribution is -2.45. The first-order valence-corrected chi connectivity index (χ1v) is 5.91. The lowest BCUT2D eigenvalue weighted by atomic mass is 10.0. The molecule has 0 bridgehead atoms. The number of carbonyl (C=O) groups is 1. The van der Waals surface area contributed by atoms with Gasteiger partial charge in [0.05, 0.1) is 25.7 Å². The molecule has 1 aliphatic heterocycles. The van der Waals surface area contributed by atoms with Crippen molar-refractivity contribution in [1.29, 1.82) is 0 Å². The highest BCUT2D eigenvalue weighted by Gasteiger charge is 2.25. The molecule has 1 N–H and O–H groups in total. The lowest BCUT2D eigenvalue weighted by molar-refractivity contribution is -0.137. The number of ether oxygens (including phenoxy) is 1. The van der Waals surface area contributed by atoms with Crippen molar-refractivity contribution in [3.8, 4) is 0 Å². The van der Waals surface area contributed by atoms with Crippen molar-refractivity contribution in [3.05, 3.63) is 0 Å². The quantitative estimate of drug-likeness (QED) is 0.717. The van der Waals surface area contributed by atoms with Crippen LogP contribution in [0.3, 0.4) is 0 Å². The van der Waals surface area contributed by atoms with Gasteiger partial charge >= 0.3 is 0 Å². The van der Waals surface area contributed by atoms with Crippen molar-refractivity contribution >= 4 is 5.91 Å². The second-order valence-electron chi connectivity index (χ2n) is 4.14. The van der Waals surface area contributed by atoms with E-state index >= 15 is 0 Å². The third-order valence-electron chi connectivity index (χ3n) is 2.86. The van der Waals surface area contributed by atoms with Crippen molar-refractivity contribution in [1.82, 2.24) is 4.90 Å². The molecule has 0 radical (unpaired) electrons. The number of rotatable bonds is 6. The van der Waals surface area contributed by atoms with Crippen molar-refractivity contribution < 1.29 is 23.4 Å². The summed E-state index contributed by atoms with van der Waals surface area (Å²) in [5.74, 6) is -0.127. The van der Waals surface area contributed by atoms with Crippen molar-refractivity contribution in [3.63, 3.8) is 0 Å². The molecule has 17 heavy (non-hydrogen) atoms. The summed E-state index contributed by atoms with van der Waals surface area (Å²) in [5, 5.41) is 9.13. The molecule has 1 amide bonds. The van der Waals surface area contributed by atoms with Gasteiger partial charge in [-0.15, -0.1) is 0 Å². The number of hydrogen-bond acceptors (Lipinski definition) is 3. The van der Waals surface area contributed by atoms with Gasteiger partial charge in [-0.2, -0.15) is 0 Å². The Morgan fingerprint density at radius 1 is 1.47 bits per heavy atom. The lowest BCUT2D eigenvalue weighted by Gasteiger charge is -2.34. The van der Waals surface area contributed by atoms with E-state index < -0.39 is 13.0 Å². The van der Waals surface area contributed by atoms with Gasteiger partial charge in [-0.1, -0.05) is 0 Å². The predicted molar refractivity (Wildman–Crippen MR) is 57.9 cm³/mol. The van der Waals surface area contributed by atoms with E-state index in [-0.39, 0.29) is 31.6 Å². The van der Waals surface area contributed by atoms with E-state index in [0.717, 1.165) is 19.3 Å². The summed E-state index contributed by atoms with van der Waals surface area (Å²) in [4.78, 5) is 13.4. The predicted octanol–water partition coefficient (Wildman–Crippen LogP) is 1.03. The minimum atomic E-state index is -2.50. The molecule has 0 aliphatic carbocycles. The molecule has 4 nitrogen and oxygen atoms in total. The third-order valence-corrected chi connectivity index (χ3v) is 2.86. The Morgan fingerprint density at radius 3 is 2.88 bits per heavy atom. The average Bonchev–Trinajstić information content (AvgIpc) is 2.34. The van der Waals surface area contributed by atoms with Crippen LogP contribution in [0.25, 0.3) is 0 Å². The monoisotopic (exact) mass is 251 g/mol. The van der Waals surface area contributed by atoms with Crippen LogP contribution in [0.5, 0.6) is 0 Å². The first kappa shape index (κ1) is 14.3. The molecule has 0 aromatic rings. The van der Waals surface area contributed by atoms with Crippen LogP contribution in [0, 0.1) is 0 Å². The van der Waals surface area contributed by atoms with Crippen LogP contribution in [-0.2, 0) is 9.53 Å². The van der Waals surface area contributed by atoms with Crippen LogP contribution in [0.2, 0.25) is 0 Å². The molecular weight excluding hydrogens is 232 g/mol. The molecule has 1 atom stereocenters. The fourth-order valence-corrected chi connectivity index (χ4v) is 1.99. The smallest absolute Gasteiger partial charge is 0.261 e. The van der Waals surface area contributed by atoms with E-state index in [1.807, 2.05) is 0 Å². The number of alkyl halides is 2. The Kier molecular flexibility index (Phi) is 6.36. The number of nitrogens with zero attached hydrogens (tertiary/aromatic N) is 1. The fourth-order valence-electron chi connectivity index (χ4n) is 1.99. The second kappa shape index (κ2) is 7.55. The van der Waals surface area contributed by atoms with Gasteiger partial charge in [-0.3, -0.25) is 4.79 Å². The average molecular weight is 251 g/mol. The zero-order valence-corrected chi connectivity index (χ0v) is 9.78. The van der Waals surface area contributed by atoms with Crippen molar-refractivity contribution in [2.24, 2.45) is 0 Å². The van der Waals surface area contributed by atoms with Gasteiger partial charge in [0, 0.05) is 6.54 Å². The molecular formula is C11H19F2NO3. The number of aliphatic hydroxyl groups excluding tert-OH is 1. The summed E-state index contributed by atoms with van der Waals surface area (Å²) in [5.41, 5.74) is 0. The zero-order valence-electron chi connectivity index (χ0n) is 9.78. The molecule has 1 saturated heterocycles. The summed E-state index contributed by atoms with van der Waals surface area (Å²) < 4.78 is 28.2. The van der Waals surface area contributed by atoms with Gasteiger partial charge in [-0.05, 0) is 19.3 Å². The largest absolute Gasteiger partial charge is 0.394 e. The summed E-state index contributed by atoms with van der Waals surface area (Å²) in [6.45, 7) is -0.0168. The summed E-state index contributed by atoms with van der Waals surface area (Å²) in [6, 6.07) is -0.119. The molecule has 100 valence electrons. The number of halogens is 2. The van der Waals surface area contributed by atoms with Crippen LogP contribution < -0.4 is 0 Å². The van der Waals surface area contributed by atoms with Crippen molar-refractivity contribution in [2.75, 3.05) is 26.4 Å². The Labute approximate surface area is 99.5 Å². The van der Waals surface area contributed by atoms with E-state index in [2.05, 4.69) is 4.74 Å². The standard InChI is InChI=1S/C11H19F2NO3/c12-10(13)8-17-6-4-11(16)14-5-2-1-3-9(14)7-15/h9-10,15H,1-8H2. The van der Waals surface area contributed by atoms with Crippen LogP contribution in [-0.4, -0.2) is 54.7 Å². The third kappa shape index (κ3) is 4.95. The highest BCUT2D eigenvalue weighted by Crippen LogP contribution is 2.17. The first-order chi connectivity index (χ1) is 8.15. The maximum atomic E-state index is 11.8. The molecule has 1 fully saturated rings. The van der Waals surface area contributed by atoms with Crippen LogP contribution in [0.1, 0.15) is 25.7 Å². The Hall–Kier alpha value is -0.750. The fraction of sp³-hybridized carbons (Fsp3) is 0.909. The van der Waals surface area contributed by atoms with E-state index in [1.165, 1.54) is 0 Å². The van der Waals surface area contributed by atoms with Gasteiger partial charge < -0.3 is 14.7 Å². The normalized spacial score (nSPS) is 20.9. The van der Waals surface area contributed by atoms with Gasteiger partial charge in [0.2, 0.25) is 5.91 Å². The van der Waals surface area contributed by atoms with E-state index in [4.69, 9.17) is 5.11 Å². The molecule has 0 spiro atoms. The second-order valence-corrected chi connectivity index (χ2v) is 4.14. The number of carbonyl (C=O) groups excluding carboxylic acids is 1. The molecule has 1 heterocycles. The maximum absolute atomic E-state index is 11.8. The van der Waals surface area contributed by atoms with E-state index in [9.17, 15) is 13.6 Å². The molecule has 1 aliphatic rings. The van der Waals surface area contributed by atoms with Crippen LogP contribution >= 0.6 is 0 Å². The van der Waals surface area contributed by atoms with Gasteiger partial charge in [0.15, 0.2) is 0 Å². The first-order valence-electron chi connectivity index (χ1n) is 5.91. The van der Waals surface area contributed by atoms with Gasteiger partial charge in [0.1, 0.15) is 6.61 Å². The summed E-state index contributed by atoms with van der Waals surface area (Å²) >= 11 is 0. The molecule has 6 heteroatoms. The Balaban J connectivity index is 2.25. The SMILES string of the molecule is O=C(CCOCC(F)F)N1CCCCC1CO. The Bertz CT molecular complexity index is 239. The number of hydrogen-bond donors (Lipinski definition) is 1. The van der Waals surface area contributed by atoms with Gasteiger partial charge in [-0.25, -0.2) is 8.78 Å².